The van der Waals surface area contributed by atoms with Crippen LogP contribution in [0.15, 0.2) is 67.3 Å². The summed E-state index contributed by atoms with van der Waals surface area (Å²) in [6.45, 7) is 8.90. The van der Waals surface area contributed by atoms with E-state index >= 15 is 0 Å². The largest absolute Gasteiger partial charge is 0.490 e. The molecule has 0 aromatic heterocycles. The number of fused-ring (bicyclic) bond motifs is 3. The highest BCUT2D eigenvalue weighted by Gasteiger charge is 2.59. The molecular weight excluding hydrogens is 336 g/mol. The zero-order valence-electron chi connectivity index (χ0n) is 15.7. The minimum atomic E-state index is -0.564. The first-order valence-corrected chi connectivity index (χ1v) is 9.19. The molecule has 1 N–H and O–H groups in total. The average molecular weight is 360 g/mol. The molecule has 2 aromatic rings. The van der Waals surface area contributed by atoms with E-state index in [0.29, 0.717) is 13.2 Å². The van der Waals surface area contributed by atoms with Gasteiger partial charge in [0.2, 0.25) is 5.91 Å². The summed E-state index contributed by atoms with van der Waals surface area (Å²) in [5, 5.41) is 3.24. The molecule has 4 rings (SSSR count). The van der Waals surface area contributed by atoms with Crippen molar-refractivity contribution in [2.24, 2.45) is 0 Å². The van der Waals surface area contributed by atoms with Crippen LogP contribution >= 0.6 is 0 Å². The molecule has 0 radical (unpaired) electrons. The lowest BCUT2D eigenvalue weighted by molar-refractivity contribution is -0.118. The molecular formula is C23H24N2O2. The average Bonchev–Trinajstić information content (AvgIpc) is 3.10. The molecule has 0 unspecified atom stereocenters. The lowest BCUT2D eigenvalue weighted by Crippen LogP contribution is -2.58. The Morgan fingerprint density at radius 1 is 1.19 bits per heavy atom. The third-order valence-corrected chi connectivity index (χ3v) is 5.64. The van der Waals surface area contributed by atoms with Gasteiger partial charge in [0.25, 0.3) is 0 Å². The molecule has 0 bridgehead atoms. The van der Waals surface area contributed by atoms with Crippen LogP contribution in [-0.2, 0) is 10.2 Å². The molecule has 2 aliphatic rings. The standard InChI is InChI=1S/C23H24N2O2/c1-4-15-27-18-11-9-17(10-12-18)13-14-23-22(2,3)19-7-5-6-8-20(19)25(23)16-21(26)24-23/h4-14H,1,15-16H2,2-3H3,(H,24,26)/b14-13+/t23-/m0/s1. The van der Waals surface area contributed by atoms with Crippen LogP contribution in [0.25, 0.3) is 6.08 Å². The first-order chi connectivity index (χ1) is 13.0. The predicted molar refractivity (Wildman–Crippen MR) is 109 cm³/mol. The third-order valence-electron chi connectivity index (χ3n) is 5.64. The number of rotatable bonds is 5. The number of anilines is 1. The van der Waals surface area contributed by atoms with Crippen molar-refractivity contribution < 1.29 is 9.53 Å². The molecule has 4 nitrogen and oxygen atoms in total. The maximum atomic E-state index is 12.3. The number of ether oxygens (including phenoxy) is 1. The van der Waals surface area contributed by atoms with Gasteiger partial charge < -0.3 is 15.0 Å². The topological polar surface area (TPSA) is 41.6 Å². The van der Waals surface area contributed by atoms with Gasteiger partial charge in [0.15, 0.2) is 0 Å². The molecule has 27 heavy (non-hydrogen) atoms. The van der Waals surface area contributed by atoms with Gasteiger partial charge >= 0.3 is 0 Å². The fourth-order valence-corrected chi connectivity index (χ4v) is 4.19. The summed E-state index contributed by atoms with van der Waals surface area (Å²) in [5.41, 5.74) is 2.62. The molecule has 1 saturated heterocycles. The minimum absolute atomic E-state index is 0.0513. The first-order valence-electron chi connectivity index (χ1n) is 9.19. The Bertz CT molecular complexity index is 914. The van der Waals surface area contributed by atoms with Gasteiger partial charge in [-0.25, -0.2) is 0 Å². The number of nitrogens with zero attached hydrogens (tertiary/aromatic N) is 1. The second-order valence-electron chi connectivity index (χ2n) is 7.54. The van der Waals surface area contributed by atoms with Crippen molar-refractivity contribution in [2.45, 2.75) is 24.9 Å². The van der Waals surface area contributed by atoms with Gasteiger partial charge in [-0.2, -0.15) is 0 Å². The van der Waals surface area contributed by atoms with E-state index in [1.807, 2.05) is 30.3 Å². The lowest BCUT2D eigenvalue weighted by Gasteiger charge is -2.40. The van der Waals surface area contributed by atoms with Crippen molar-refractivity contribution in [1.82, 2.24) is 5.32 Å². The van der Waals surface area contributed by atoms with Crippen molar-refractivity contribution in [3.63, 3.8) is 0 Å². The van der Waals surface area contributed by atoms with Crippen LogP contribution in [0.2, 0.25) is 0 Å². The van der Waals surface area contributed by atoms with Crippen LogP contribution in [-0.4, -0.2) is 24.7 Å². The van der Waals surface area contributed by atoms with E-state index in [1.54, 1.807) is 6.08 Å². The number of hydrogen-bond donors (Lipinski definition) is 1. The Morgan fingerprint density at radius 3 is 2.67 bits per heavy atom. The number of carbonyl (C=O) groups excluding carboxylic acids is 1. The van der Waals surface area contributed by atoms with Crippen LogP contribution in [0.1, 0.15) is 25.0 Å². The number of carbonyl (C=O) groups is 1. The molecule has 1 amide bonds. The van der Waals surface area contributed by atoms with Crippen molar-refractivity contribution in [3.05, 3.63) is 78.4 Å². The molecule has 138 valence electrons. The van der Waals surface area contributed by atoms with E-state index in [1.165, 1.54) is 5.56 Å². The summed E-state index contributed by atoms with van der Waals surface area (Å²) < 4.78 is 5.54. The van der Waals surface area contributed by atoms with Gasteiger partial charge in [-0.15, -0.1) is 0 Å². The van der Waals surface area contributed by atoms with E-state index < -0.39 is 5.66 Å². The van der Waals surface area contributed by atoms with Crippen molar-refractivity contribution in [2.75, 3.05) is 18.1 Å². The van der Waals surface area contributed by atoms with Gasteiger partial charge in [0.1, 0.15) is 18.0 Å². The summed E-state index contributed by atoms with van der Waals surface area (Å²) >= 11 is 0. The Morgan fingerprint density at radius 2 is 1.93 bits per heavy atom. The Kier molecular flexibility index (Phi) is 4.06. The van der Waals surface area contributed by atoms with Crippen LogP contribution in [0.3, 0.4) is 0 Å². The first kappa shape index (κ1) is 17.4. The molecule has 1 fully saturated rings. The number of hydrogen-bond acceptors (Lipinski definition) is 3. The van der Waals surface area contributed by atoms with Crippen LogP contribution < -0.4 is 15.0 Å². The number of benzene rings is 2. The van der Waals surface area contributed by atoms with E-state index in [9.17, 15) is 4.79 Å². The zero-order valence-corrected chi connectivity index (χ0v) is 15.7. The fraction of sp³-hybridized carbons (Fsp3) is 0.261. The second-order valence-corrected chi connectivity index (χ2v) is 7.54. The highest BCUT2D eigenvalue weighted by Crippen LogP contribution is 2.52. The highest BCUT2D eigenvalue weighted by molar-refractivity contribution is 5.91. The number of amides is 1. The fourth-order valence-electron chi connectivity index (χ4n) is 4.19. The molecule has 1 atom stereocenters. The van der Waals surface area contributed by atoms with Gasteiger partial charge in [-0.1, -0.05) is 62.9 Å². The summed E-state index contributed by atoms with van der Waals surface area (Å²) in [7, 11) is 0. The van der Waals surface area contributed by atoms with E-state index in [2.05, 4.69) is 61.0 Å². The maximum absolute atomic E-state index is 12.3. The van der Waals surface area contributed by atoms with Gasteiger partial charge in [0.05, 0.1) is 6.54 Å². The molecule has 4 heteroatoms. The molecule has 0 saturated carbocycles. The van der Waals surface area contributed by atoms with Crippen LogP contribution in [0, 0.1) is 0 Å². The van der Waals surface area contributed by atoms with E-state index in [4.69, 9.17) is 4.74 Å². The Balaban J connectivity index is 1.68. The van der Waals surface area contributed by atoms with Gasteiger partial charge in [-0.3, -0.25) is 4.79 Å². The monoisotopic (exact) mass is 360 g/mol. The smallest absolute Gasteiger partial charge is 0.241 e. The SMILES string of the molecule is C=CCOc1ccc(/C=C/[C@]23NC(=O)CN2c2ccccc2C3(C)C)cc1. The number of nitrogens with one attached hydrogen (secondary N) is 1. The van der Waals surface area contributed by atoms with E-state index in [-0.39, 0.29) is 11.3 Å². The highest BCUT2D eigenvalue weighted by atomic mass is 16.5. The third kappa shape index (κ3) is 2.64. The molecule has 2 aliphatic heterocycles. The van der Waals surface area contributed by atoms with Crippen molar-refractivity contribution in [1.29, 1.82) is 0 Å². The van der Waals surface area contributed by atoms with Crippen LogP contribution in [0.4, 0.5) is 5.69 Å². The Labute approximate surface area is 160 Å². The molecule has 2 heterocycles. The molecule has 2 aromatic carbocycles. The molecule has 0 spiro atoms. The molecule has 0 aliphatic carbocycles. The van der Waals surface area contributed by atoms with Gasteiger partial charge in [0, 0.05) is 11.1 Å². The van der Waals surface area contributed by atoms with E-state index in [0.717, 1.165) is 17.0 Å². The second kappa shape index (κ2) is 6.31. The Hall–Kier alpha value is -3.01. The summed E-state index contributed by atoms with van der Waals surface area (Å²) in [5.74, 6) is 0.866. The van der Waals surface area contributed by atoms with Crippen molar-refractivity contribution >= 4 is 17.7 Å². The lowest BCUT2D eigenvalue weighted by atomic mass is 9.75. The number of para-hydroxylation sites is 1. The summed E-state index contributed by atoms with van der Waals surface area (Å²) in [4.78, 5) is 14.5. The predicted octanol–water partition coefficient (Wildman–Crippen LogP) is 3.89. The zero-order chi connectivity index (χ0) is 19.1. The summed E-state index contributed by atoms with van der Waals surface area (Å²) in [6.07, 6.45) is 5.92. The van der Waals surface area contributed by atoms with Gasteiger partial charge in [-0.05, 0) is 35.4 Å². The van der Waals surface area contributed by atoms with Crippen LogP contribution in [0.5, 0.6) is 5.75 Å². The minimum Gasteiger partial charge on any atom is -0.490 e. The van der Waals surface area contributed by atoms with Crippen molar-refractivity contribution in [3.8, 4) is 5.75 Å². The maximum Gasteiger partial charge on any atom is 0.241 e. The quantitative estimate of drug-likeness (QED) is 0.823. The summed E-state index contributed by atoms with van der Waals surface area (Å²) in [6, 6.07) is 16.3. The normalized spacial score (nSPS) is 22.4.